The number of benzene rings is 1. The lowest BCUT2D eigenvalue weighted by atomic mass is 10.2. The highest BCUT2D eigenvalue weighted by atomic mass is 19.1. The van der Waals surface area contributed by atoms with E-state index >= 15 is 0 Å². The van der Waals surface area contributed by atoms with Crippen molar-refractivity contribution in [1.82, 2.24) is 4.98 Å². The van der Waals surface area contributed by atoms with Gasteiger partial charge in [0.1, 0.15) is 11.6 Å². The molecule has 5 nitrogen and oxygen atoms in total. The fourth-order valence-corrected chi connectivity index (χ4v) is 2.14. The molecule has 114 valence electrons. The van der Waals surface area contributed by atoms with E-state index in [0.717, 1.165) is 18.5 Å². The van der Waals surface area contributed by atoms with Crippen LogP contribution in [-0.2, 0) is 4.79 Å². The Morgan fingerprint density at radius 1 is 1.32 bits per heavy atom. The van der Waals surface area contributed by atoms with Gasteiger partial charge in [0.05, 0.1) is 5.69 Å². The number of nitrogens with zero attached hydrogens (tertiary/aromatic N) is 2. The number of nitrogen functional groups attached to an aromatic ring is 1. The zero-order valence-corrected chi connectivity index (χ0v) is 12.2. The van der Waals surface area contributed by atoms with Gasteiger partial charge in [0.2, 0.25) is 5.91 Å². The van der Waals surface area contributed by atoms with Crippen LogP contribution in [0.1, 0.15) is 12.8 Å². The van der Waals surface area contributed by atoms with Crippen LogP contribution in [0.5, 0.6) is 0 Å². The number of nitrogens with one attached hydrogen (secondary N) is 1. The summed E-state index contributed by atoms with van der Waals surface area (Å²) in [7, 11) is 1.81. The van der Waals surface area contributed by atoms with Crippen LogP contribution < -0.4 is 16.0 Å². The van der Waals surface area contributed by atoms with Crippen LogP contribution in [0.2, 0.25) is 0 Å². The number of carbonyl (C=O) groups excluding carboxylic acids is 1. The molecule has 1 fully saturated rings. The smallest absolute Gasteiger partial charge is 0.228 e. The number of pyridine rings is 1. The molecule has 1 heterocycles. The van der Waals surface area contributed by atoms with Crippen LogP contribution in [0.4, 0.5) is 27.3 Å². The second-order valence-electron chi connectivity index (χ2n) is 5.43. The first-order chi connectivity index (χ1) is 10.5. The number of rotatable bonds is 4. The Morgan fingerprint density at radius 2 is 2.05 bits per heavy atom. The van der Waals surface area contributed by atoms with Crippen LogP contribution in [0.3, 0.4) is 0 Å². The lowest BCUT2D eigenvalue weighted by molar-refractivity contribution is -0.117. The van der Waals surface area contributed by atoms with Gasteiger partial charge in [0.15, 0.2) is 0 Å². The first-order valence-corrected chi connectivity index (χ1v) is 7.10. The van der Waals surface area contributed by atoms with Crippen LogP contribution in [0, 0.1) is 11.7 Å². The molecule has 0 radical (unpaired) electrons. The van der Waals surface area contributed by atoms with E-state index in [1.807, 2.05) is 7.05 Å². The Labute approximate surface area is 128 Å². The standard InChI is InChI=1S/C16H17FN4O/c1-21(11-4-5-14(18)13(17)8-11)12-6-7-19-15(9-12)20-16(22)10-2-3-10/h4-10H,2-3,18H2,1H3,(H,19,20,22). The van der Waals surface area contributed by atoms with Gasteiger partial charge in [0, 0.05) is 36.6 Å². The molecule has 0 aliphatic heterocycles. The number of hydrogen-bond donors (Lipinski definition) is 2. The number of carbonyl (C=O) groups is 1. The summed E-state index contributed by atoms with van der Waals surface area (Å²) in [4.78, 5) is 17.7. The number of nitrogens with two attached hydrogens (primary N) is 1. The summed E-state index contributed by atoms with van der Waals surface area (Å²) in [5.41, 5.74) is 7.07. The van der Waals surface area contributed by atoms with Crippen molar-refractivity contribution in [2.75, 3.05) is 23.0 Å². The van der Waals surface area contributed by atoms with Crippen molar-refractivity contribution in [2.45, 2.75) is 12.8 Å². The molecule has 0 bridgehead atoms. The molecule has 1 aliphatic carbocycles. The zero-order chi connectivity index (χ0) is 15.7. The van der Waals surface area contributed by atoms with Gasteiger partial charge in [-0.3, -0.25) is 4.79 Å². The summed E-state index contributed by atoms with van der Waals surface area (Å²) in [6, 6.07) is 8.19. The van der Waals surface area contributed by atoms with Gasteiger partial charge in [-0.05, 0) is 37.1 Å². The average molecular weight is 300 g/mol. The minimum absolute atomic E-state index is 0.00540. The van der Waals surface area contributed by atoms with E-state index in [9.17, 15) is 9.18 Å². The van der Waals surface area contributed by atoms with Crippen molar-refractivity contribution < 1.29 is 9.18 Å². The van der Waals surface area contributed by atoms with Crippen molar-refractivity contribution in [2.24, 2.45) is 5.92 Å². The van der Waals surface area contributed by atoms with Crippen molar-refractivity contribution in [3.63, 3.8) is 0 Å². The molecule has 1 aliphatic rings. The summed E-state index contributed by atoms with van der Waals surface area (Å²) in [6.45, 7) is 0. The van der Waals surface area contributed by atoms with Gasteiger partial charge in [-0.25, -0.2) is 9.37 Å². The first kappa shape index (κ1) is 14.3. The van der Waals surface area contributed by atoms with E-state index in [0.29, 0.717) is 11.5 Å². The van der Waals surface area contributed by atoms with Crippen molar-refractivity contribution in [3.8, 4) is 0 Å². The van der Waals surface area contributed by atoms with Crippen LogP contribution >= 0.6 is 0 Å². The number of hydrogen-bond acceptors (Lipinski definition) is 4. The Bertz CT molecular complexity index is 715. The molecule has 3 N–H and O–H groups in total. The van der Waals surface area contributed by atoms with Crippen molar-refractivity contribution in [3.05, 3.63) is 42.3 Å². The molecule has 2 aromatic rings. The van der Waals surface area contributed by atoms with Crippen LogP contribution in [-0.4, -0.2) is 17.9 Å². The molecule has 0 spiro atoms. The van der Waals surface area contributed by atoms with Crippen molar-refractivity contribution >= 4 is 28.8 Å². The van der Waals surface area contributed by atoms with Gasteiger partial charge in [-0.1, -0.05) is 0 Å². The molecule has 1 aromatic carbocycles. The number of anilines is 4. The third-order valence-electron chi connectivity index (χ3n) is 3.70. The number of amides is 1. The van der Waals surface area contributed by atoms with E-state index in [-0.39, 0.29) is 17.5 Å². The maximum absolute atomic E-state index is 13.6. The molecule has 6 heteroatoms. The van der Waals surface area contributed by atoms with Crippen LogP contribution in [0.25, 0.3) is 0 Å². The summed E-state index contributed by atoms with van der Waals surface area (Å²) >= 11 is 0. The second-order valence-corrected chi connectivity index (χ2v) is 5.43. The first-order valence-electron chi connectivity index (χ1n) is 7.10. The summed E-state index contributed by atoms with van der Waals surface area (Å²) in [5, 5.41) is 2.80. The largest absolute Gasteiger partial charge is 0.396 e. The lowest BCUT2D eigenvalue weighted by Gasteiger charge is -2.20. The molecule has 0 saturated heterocycles. The quantitative estimate of drug-likeness (QED) is 0.852. The molecule has 1 amide bonds. The molecule has 3 rings (SSSR count). The van der Waals surface area contributed by atoms with E-state index in [1.54, 1.807) is 29.3 Å². The lowest BCUT2D eigenvalue weighted by Crippen LogP contribution is -2.15. The predicted octanol–water partition coefficient (Wildman–Crippen LogP) is 2.92. The third kappa shape index (κ3) is 3.00. The fourth-order valence-electron chi connectivity index (χ4n) is 2.14. The number of aromatic nitrogens is 1. The topological polar surface area (TPSA) is 71.2 Å². The normalized spacial score (nSPS) is 13.7. The molecule has 22 heavy (non-hydrogen) atoms. The molecule has 0 atom stereocenters. The maximum atomic E-state index is 13.6. The zero-order valence-electron chi connectivity index (χ0n) is 12.2. The fraction of sp³-hybridized carbons (Fsp3) is 0.250. The monoisotopic (exact) mass is 300 g/mol. The molecular weight excluding hydrogens is 283 g/mol. The third-order valence-corrected chi connectivity index (χ3v) is 3.70. The molecule has 1 aromatic heterocycles. The highest BCUT2D eigenvalue weighted by molar-refractivity contribution is 5.93. The number of halogens is 1. The summed E-state index contributed by atoms with van der Waals surface area (Å²) in [5.74, 6) is 0.165. The summed E-state index contributed by atoms with van der Waals surface area (Å²) in [6.07, 6.45) is 3.49. The van der Waals surface area contributed by atoms with Gasteiger partial charge >= 0.3 is 0 Å². The highest BCUT2D eigenvalue weighted by Gasteiger charge is 2.29. The van der Waals surface area contributed by atoms with E-state index in [2.05, 4.69) is 10.3 Å². The molecular formula is C16H17FN4O. The second kappa shape index (κ2) is 5.63. The predicted molar refractivity (Wildman–Crippen MR) is 84.5 cm³/mol. The minimum Gasteiger partial charge on any atom is -0.396 e. The highest BCUT2D eigenvalue weighted by Crippen LogP contribution is 2.31. The van der Waals surface area contributed by atoms with Gasteiger partial charge in [-0.2, -0.15) is 0 Å². The van der Waals surface area contributed by atoms with E-state index in [1.165, 1.54) is 12.1 Å². The Balaban J connectivity index is 1.80. The van der Waals surface area contributed by atoms with E-state index in [4.69, 9.17) is 5.73 Å². The van der Waals surface area contributed by atoms with E-state index < -0.39 is 5.82 Å². The summed E-state index contributed by atoms with van der Waals surface area (Å²) < 4.78 is 13.6. The Kier molecular flexibility index (Phi) is 3.66. The van der Waals surface area contributed by atoms with Gasteiger partial charge < -0.3 is 16.0 Å². The van der Waals surface area contributed by atoms with Gasteiger partial charge in [-0.15, -0.1) is 0 Å². The Morgan fingerprint density at radius 3 is 2.73 bits per heavy atom. The van der Waals surface area contributed by atoms with Crippen LogP contribution in [0.15, 0.2) is 36.5 Å². The average Bonchev–Trinajstić information content (AvgIpc) is 3.34. The SMILES string of the molecule is CN(c1ccnc(NC(=O)C2CC2)c1)c1ccc(N)c(F)c1. The minimum atomic E-state index is -0.458. The molecule has 0 unspecified atom stereocenters. The maximum Gasteiger partial charge on any atom is 0.228 e. The van der Waals surface area contributed by atoms with Gasteiger partial charge in [0.25, 0.3) is 0 Å². The molecule has 1 saturated carbocycles. The Hall–Kier alpha value is -2.63. The van der Waals surface area contributed by atoms with Crippen molar-refractivity contribution in [1.29, 1.82) is 0 Å².